The Kier molecular flexibility index (Phi) is 5.16. The Hall–Kier alpha value is -3.07. The average molecular weight is 386 g/mol. The minimum atomic E-state index is -0.968. The van der Waals surface area contributed by atoms with Crippen LogP contribution in [0.25, 0.3) is 11.5 Å². The van der Waals surface area contributed by atoms with Gasteiger partial charge in [0.15, 0.2) is 5.82 Å². The topological polar surface area (TPSA) is 105 Å². The summed E-state index contributed by atoms with van der Waals surface area (Å²) in [5.41, 5.74) is 1.27. The van der Waals surface area contributed by atoms with Gasteiger partial charge in [-0.1, -0.05) is 5.16 Å². The second-order valence-electron chi connectivity index (χ2n) is 6.70. The van der Waals surface area contributed by atoms with Crippen molar-refractivity contribution in [3.8, 4) is 11.5 Å². The van der Waals surface area contributed by atoms with Gasteiger partial charge in [-0.15, -0.1) is 0 Å². The van der Waals surface area contributed by atoms with E-state index in [0.29, 0.717) is 48.2 Å². The number of nitrogens with zero attached hydrogens (tertiary/aromatic N) is 4. The number of carbonyl (C=O) groups is 1. The van der Waals surface area contributed by atoms with Crippen LogP contribution in [-0.4, -0.2) is 43.7 Å². The highest BCUT2D eigenvalue weighted by Crippen LogP contribution is 2.20. The van der Waals surface area contributed by atoms with E-state index in [1.54, 1.807) is 12.1 Å². The Morgan fingerprint density at radius 3 is 2.86 bits per heavy atom. The third-order valence-corrected chi connectivity index (χ3v) is 4.57. The summed E-state index contributed by atoms with van der Waals surface area (Å²) in [4.78, 5) is 22.3. The lowest BCUT2D eigenvalue weighted by Gasteiger charge is -2.19. The minimum Gasteiger partial charge on any atom is -0.444 e. The first-order valence-electron chi connectivity index (χ1n) is 9.07. The first kappa shape index (κ1) is 18.3. The molecule has 9 heteroatoms. The molecule has 1 amide bonds. The van der Waals surface area contributed by atoms with Gasteiger partial charge in [0.1, 0.15) is 24.7 Å². The van der Waals surface area contributed by atoms with Crippen molar-refractivity contribution in [3.63, 3.8) is 0 Å². The lowest BCUT2D eigenvalue weighted by atomic mass is 10.2. The van der Waals surface area contributed by atoms with E-state index >= 15 is 0 Å². The third-order valence-electron chi connectivity index (χ3n) is 4.57. The van der Waals surface area contributed by atoms with Gasteiger partial charge >= 0.3 is 0 Å². The lowest BCUT2D eigenvalue weighted by Crippen LogP contribution is -2.37. The molecule has 1 aromatic carbocycles. The quantitative estimate of drug-likeness (QED) is 0.717. The summed E-state index contributed by atoms with van der Waals surface area (Å²) < 4.78 is 23.7. The monoisotopic (exact) mass is 386 g/mol. The molecule has 3 heterocycles. The number of hydrogen-bond acceptors (Lipinski definition) is 7. The molecule has 8 nitrogen and oxygen atoms in total. The Morgan fingerprint density at radius 2 is 2.04 bits per heavy atom. The van der Waals surface area contributed by atoms with Crippen molar-refractivity contribution in [1.82, 2.24) is 20.0 Å². The molecule has 0 saturated carbocycles. The highest BCUT2D eigenvalue weighted by Gasteiger charge is 2.26. The summed E-state index contributed by atoms with van der Waals surface area (Å²) in [6, 6.07) is 5.85. The number of rotatable bonds is 5. The number of amides is 1. The number of aliphatic hydroxyl groups is 1. The number of likely N-dealkylation sites (tertiary alicyclic amines) is 1. The molecule has 146 valence electrons. The second kappa shape index (κ2) is 7.89. The molecule has 1 N–H and O–H groups in total. The van der Waals surface area contributed by atoms with E-state index in [-0.39, 0.29) is 18.3 Å². The molecule has 4 rings (SSSR count). The fraction of sp³-hybridized carbons (Fsp3) is 0.368. The van der Waals surface area contributed by atoms with Crippen LogP contribution in [0.3, 0.4) is 0 Å². The highest BCUT2D eigenvalue weighted by atomic mass is 19.1. The minimum absolute atomic E-state index is 0.169. The van der Waals surface area contributed by atoms with E-state index in [1.165, 1.54) is 23.3 Å². The van der Waals surface area contributed by atoms with Crippen molar-refractivity contribution in [2.24, 2.45) is 0 Å². The molecule has 28 heavy (non-hydrogen) atoms. The van der Waals surface area contributed by atoms with Gasteiger partial charge in [-0.2, -0.15) is 4.98 Å². The van der Waals surface area contributed by atoms with Crippen molar-refractivity contribution in [2.75, 3.05) is 6.54 Å². The molecule has 1 atom stereocenters. The molecule has 1 saturated heterocycles. The van der Waals surface area contributed by atoms with Crippen molar-refractivity contribution < 1.29 is 23.2 Å². The molecular formula is C19H19FN4O4. The summed E-state index contributed by atoms with van der Waals surface area (Å²) in [5, 5.41) is 13.7. The molecule has 1 aliphatic rings. The Balaban J connectivity index is 1.41. The number of hydrogen-bond donors (Lipinski definition) is 1. The van der Waals surface area contributed by atoms with E-state index in [4.69, 9.17) is 8.94 Å². The lowest BCUT2D eigenvalue weighted by molar-refractivity contribution is -0.140. The number of carbonyl (C=O) groups excluding carboxylic acids is 1. The van der Waals surface area contributed by atoms with Gasteiger partial charge in [-0.05, 0) is 43.5 Å². The number of oxazole rings is 1. The Morgan fingerprint density at radius 1 is 1.21 bits per heavy atom. The van der Waals surface area contributed by atoms with Crippen molar-refractivity contribution >= 4 is 5.91 Å². The maximum atomic E-state index is 13.0. The zero-order chi connectivity index (χ0) is 19.5. The molecule has 2 aromatic heterocycles. The van der Waals surface area contributed by atoms with Crippen LogP contribution in [0, 0.1) is 5.82 Å². The molecule has 1 fully saturated rings. The van der Waals surface area contributed by atoms with Crippen LogP contribution in [0.2, 0.25) is 0 Å². The fourth-order valence-corrected chi connectivity index (χ4v) is 3.11. The van der Waals surface area contributed by atoms with Gasteiger partial charge in [0.25, 0.3) is 5.91 Å². The van der Waals surface area contributed by atoms with Crippen molar-refractivity contribution in [3.05, 3.63) is 53.8 Å². The molecule has 0 bridgehead atoms. The SMILES string of the molecule is O=C1C(O)CCCCN1Cc1nc(Cc2coc(-c3ccc(F)cc3)n2)no1. The Labute approximate surface area is 160 Å². The van der Waals surface area contributed by atoms with Crippen LogP contribution in [0.1, 0.15) is 36.7 Å². The molecule has 0 aliphatic carbocycles. The van der Waals surface area contributed by atoms with Crippen LogP contribution in [0.4, 0.5) is 4.39 Å². The number of halogens is 1. The van der Waals surface area contributed by atoms with Crippen LogP contribution < -0.4 is 0 Å². The van der Waals surface area contributed by atoms with Gasteiger partial charge in [-0.25, -0.2) is 9.37 Å². The van der Waals surface area contributed by atoms with E-state index in [1.807, 2.05) is 0 Å². The van der Waals surface area contributed by atoms with Gasteiger partial charge in [0, 0.05) is 12.1 Å². The zero-order valence-electron chi connectivity index (χ0n) is 15.0. The normalized spacial score (nSPS) is 17.7. The van der Waals surface area contributed by atoms with Gasteiger partial charge in [0.05, 0.1) is 12.1 Å². The molecule has 3 aromatic rings. The van der Waals surface area contributed by atoms with Crippen LogP contribution >= 0.6 is 0 Å². The Bertz CT molecular complexity index is 953. The van der Waals surface area contributed by atoms with E-state index in [0.717, 1.165) is 12.8 Å². The number of aromatic nitrogens is 3. The average Bonchev–Trinajstić information content (AvgIpc) is 3.30. The summed E-state index contributed by atoms with van der Waals surface area (Å²) in [7, 11) is 0. The van der Waals surface area contributed by atoms with Gasteiger partial charge < -0.3 is 18.9 Å². The predicted molar refractivity (Wildman–Crippen MR) is 94.3 cm³/mol. The molecule has 1 unspecified atom stereocenters. The summed E-state index contributed by atoms with van der Waals surface area (Å²) in [6.07, 6.45) is 2.93. The summed E-state index contributed by atoms with van der Waals surface area (Å²) >= 11 is 0. The van der Waals surface area contributed by atoms with Crippen LogP contribution in [-0.2, 0) is 17.8 Å². The molecule has 1 aliphatic heterocycles. The highest BCUT2D eigenvalue weighted by molar-refractivity contribution is 5.80. The first-order valence-corrected chi connectivity index (χ1v) is 9.07. The third kappa shape index (κ3) is 4.09. The van der Waals surface area contributed by atoms with E-state index < -0.39 is 6.10 Å². The van der Waals surface area contributed by atoms with Crippen LogP contribution in [0.15, 0.2) is 39.5 Å². The first-order chi connectivity index (χ1) is 13.6. The molecular weight excluding hydrogens is 367 g/mol. The smallest absolute Gasteiger partial charge is 0.251 e. The largest absolute Gasteiger partial charge is 0.444 e. The van der Waals surface area contributed by atoms with Gasteiger partial charge in [0.2, 0.25) is 11.8 Å². The van der Waals surface area contributed by atoms with Crippen molar-refractivity contribution in [2.45, 2.75) is 38.3 Å². The fourth-order valence-electron chi connectivity index (χ4n) is 3.11. The van der Waals surface area contributed by atoms with E-state index in [2.05, 4.69) is 15.1 Å². The maximum absolute atomic E-state index is 13.0. The standard InChI is InChI=1S/C19H19FN4O4/c20-13-6-4-12(5-7-13)18-21-14(11-27-18)9-16-22-17(28-23-16)10-24-8-2-1-3-15(25)19(24)26/h4-7,11,15,25H,1-3,8-10H2. The summed E-state index contributed by atoms with van der Waals surface area (Å²) in [5.74, 6) is 0.460. The second-order valence-corrected chi connectivity index (χ2v) is 6.70. The maximum Gasteiger partial charge on any atom is 0.251 e. The summed E-state index contributed by atoms with van der Waals surface area (Å²) in [6.45, 7) is 0.723. The molecule has 0 spiro atoms. The van der Waals surface area contributed by atoms with Crippen LogP contribution in [0.5, 0.6) is 0 Å². The van der Waals surface area contributed by atoms with Gasteiger partial charge in [-0.3, -0.25) is 4.79 Å². The molecule has 0 radical (unpaired) electrons. The number of benzene rings is 1. The number of aliphatic hydroxyl groups excluding tert-OH is 1. The predicted octanol–water partition coefficient (Wildman–Crippen LogP) is 2.33. The zero-order valence-corrected chi connectivity index (χ0v) is 15.0. The van der Waals surface area contributed by atoms with E-state index in [9.17, 15) is 14.3 Å². The van der Waals surface area contributed by atoms with Crippen molar-refractivity contribution in [1.29, 1.82) is 0 Å².